The monoisotopic (exact) mass is 201 g/mol. The molecule has 0 aliphatic carbocycles. The van der Waals surface area contributed by atoms with Crippen LogP contribution in [0.4, 0.5) is 0 Å². The summed E-state index contributed by atoms with van der Waals surface area (Å²) >= 11 is 0. The number of hydrogen-bond acceptors (Lipinski definition) is 2. The Morgan fingerprint density at radius 1 is 0.929 bits per heavy atom. The Morgan fingerprint density at radius 2 is 1.50 bits per heavy atom. The van der Waals surface area contributed by atoms with Gasteiger partial charge in [-0.3, -0.25) is 0 Å². The first-order chi connectivity index (χ1) is 6.56. The lowest BCUT2D eigenvalue weighted by molar-refractivity contribution is 0.262. The summed E-state index contributed by atoms with van der Waals surface area (Å²) in [5.41, 5.74) is 0. The van der Waals surface area contributed by atoms with Gasteiger partial charge in [0, 0.05) is 18.7 Å². The van der Waals surface area contributed by atoms with E-state index in [0.29, 0.717) is 12.1 Å². The van der Waals surface area contributed by atoms with Crippen molar-refractivity contribution in [3.63, 3.8) is 0 Å². The van der Waals surface area contributed by atoms with Crippen molar-refractivity contribution in [3.05, 3.63) is 0 Å². The van der Waals surface area contributed by atoms with Crippen LogP contribution >= 0.6 is 0 Å². The Kier molecular flexibility index (Phi) is 8.20. The van der Waals surface area contributed by atoms with Crippen LogP contribution in [0.25, 0.3) is 0 Å². The molecule has 0 amide bonds. The molecule has 2 nitrogen and oxygen atoms in total. The average molecular weight is 201 g/mol. The van der Waals surface area contributed by atoms with Crippen LogP contribution < -0.4 is 5.32 Å². The summed E-state index contributed by atoms with van der Waals surface area (Å²) < 4.78 is 0. The first-order valence-electron chi connectivity index (χ1n) is 5.93. The van der Waals surface area contributed by atoms with Gasteiger partial charge >= 0.3 is 0 Å². The minimum Gasteiger partial charge on any atom is -0.396 e. The Hall–Kier alpha value is -0.0800. The predicted octanol–water partition coefficient (Wildman–Crippen LogP) is 2.56. The number of rotatable bonds is 8. The second-order valence-electron chi connectivity index (χ2n) is 4.81. The number of aliphatic hydroxyl groups is 1. The summed E-state index contributed by atoms with van der Waals surface area (Å²) in [5, 5.41) is 12.3. The van der Waals surface area contributed by atoms with Gasteiger partial charge in [-0.1, -0.05) is 26.7 Å². The Morgan fingerprint density at radius 3 is 2.00 bits per heavy atom. The second kappa shape index (κ2) is 8.25. The lowest BCUT2D eigenvalue weighted by atomic mass is 10.0. The van der Waals surface area contributed by atoms with Crippen LogP contribution in [-0.4, -0.2) is 23.8 Å². The summed E-state index contributed by atoms with van der Waals surface area (Å²) in [4.78, 5) is 0. The zero-order valence-corrected chi connectivity index (χ0v) is 10.2. The molecule has 0 radical (unpaired) electrons. The van der Waals surface area contributed by atoms with E-state index in [9.17, 15) is 0 Å². The second-order valence-corrected chi connectivity index (χ2v) is 4.81. The van der Waals surface area contributed by atoms with Crippen molar-refractivity contribution in [1.82, 2.24) is 5.32 Å². The Labute approximate surface area is 89.1 Å². The maximum absolute atomic E-state index is 8.76. The van der Waals surface area contributed by atoms with Crippen molar-refractivity contribution in [2.75, 3.05) is 6.61 Å². The molecule has 0 fully saturated rings. The Balaban J connectivity index is 3.39. The zero-order chi connectivity index (χ0) is 11.0. The zero-order valence-electron chi connectivity index (χ0n) is 10.2. The van der Waals surface area contributed by atoms with Gasteiger partial charge in [0.05, 0.1) is 0 Å². The van der Waals surface area contributed by atoms with E-state index in [1.54, 1.807) is 0 Å². The molecule has 0 aliphatic rings. The molecule has 14 heavy (non-hydrogen) atoms. The molecule has 2 unspecified atom stereocenters. The fraction of sp³-hybridized carbons (Fsp3) is 1.00. The molecule has 0 aromatic carbocycles. The highest BCUT2D eigenvalue weighted by Crippen LogP contribution is 2.08. The molecule has 2 N–H and O–H groups in total. The van der Waals surface area contributed by atoms with Crippen molar-refractivity contribution in [1.29, 1.82) is 0 Å². The van der Waals surface area contributed by atoms with Crippen LogP contribution in [0.1, 0.15) is 53.4 Å². The summed E-state index contributed by atoms with van der Waals surface area (Å²) in [7, 11) is 0. The van der Waals surface area contributed by atoms with Crippen LogP contribution in [0.5, 0.6) is 0 Å². The van der Waals surface area contributed by atoms with E-state index < -0.39 is 0 Å². The topological polar surface area (TPSA) is 32.3 Å². The van der Waals surface area contributed by atoms with Crippen molar-refractivity contribution in [3.8, 4) is 0 Å². The molecule has 0 bridgehead atoms. The third-order valence-corrected chi connectivity index (χ3v) is 2.55. The van der Waals surface area contributed by atoms with Gasteiger partial charge in [0.25, 0.3) is 0 Å². The first kappa shape index (κ1) is 13.9. The predicted molar refractivity (Wildman–Crippen MR) is 62.5 cm³/mol. The van der Waals surface area contributed by atoms with Crippen LogP contribution in [0, 0.1) is 5.92 Å². The first-order valence-corrected chi connectivity index (χ1v) is 5.93. The van der Waals surface area contributed by atoms with Gasteiger partial charge in [-0.25, -0.2) is 0 Å². The lowest BCUT2D eigenvalue weighted by Crippen LogP contribution is -2.35. The largest absolute Gasteiger partial charge is 0.396 e. The number of aliphatic hydroxyl groups excluding tert-OH is 1. The highest BCUT2D eigenvalue weighted by Gasteiger charge is 2.06. The fourth-order valence-electron chi connectivity index (χ4n) is 1.68. The molecule has 0 aromatic rings. The van der Waals surface area contributed by atoms with Crippen LogP contribution in [0.2, 0.25) is 0 Å². The quantitative estimate of drug-likeness (QED) is 0.632. The molecule has 0 saturated carbocycles. The molecule has 0 spiro atoms. The van der Waals surface area contributed by atoms with Crippen molar-refractivity contribution in [2.24, 2.45) is 5.92 Å². The average Bonchev–Trinajstić information content (AvgIpc) is 2.03. The van der Waals surface area contributed by atoms with E-state index in [-0.39, 0.29) is 6.61 Å². The Bertz CT molecular complexity index is 125. The van der Waals surface area contributed by atoms with Gasteiger partial charge in [-0.2, -0.15) is 0 Å². The highest BCUT2D eigenvalue weighted by molar-refractivity contribution is 4.67. The summed E-state index contributed by atoms with van der Waals surface area (Å²) in [6.45, 7) is 9.19. The summed E-state index contributed by atoms with van der Waals surface area (Å²) in [6, 6.07) is 1.02. The molecule has 0 aliphatic heterocycles. The highest BCUT2D eigenvalue weighted by atomic mass is 16.3. The van der Waals surface area contributed by atoms with Crippen LogP contribution in [0.3, 0.4) is 0 Å². The van der Waals surface area contributed by atoms with E-state index in [2.05, 4.69) is 33.0 Å². The molecule has 0 heterocycles. The molecule has 86 valence electrons. The third-order valence-electron chi connectivity index (χ3n) is 2.55. The van der Waals surface area contributed by atoms with E-state index >= 15 is 0 Å². The van der Waals surface area contributed by atoms with E-state index in [4.69, 9.17) is 5.11 Å². The van der Waals surface area contributed by atoms with E-state index in [0.717, 1.165) is 12.3 Å². The van der Waals surface area contributed by atoms with Gasteiger partial charge in [-0.05, 0) is 32.6 Å². The van der Waals surface area contributed by atoms with Crippen molar-refractivity contribution in [2.45, 2.75) is 65.5 Å². The van der Waals surface area contributed by atoms with Gasteiger partial charge in [-0.15, -0.1) is 0 Å². The van der Waals surface area contributed by atoms with Crippen molar-refractivity contribution < 1.29 is 5.11 Å². The van der Waals surface area contributed by atoms with Crippen LogP contribution in [0.15, 0.2) is 0 Å². The molecule has 0 rings (SSSR count). The molecular formula is C12H27NO. The van der Waals surface area contributed by atoms with E-state index in [1.807, 2.05) is 0 Å². The molecule has 2 heteroatoms. The normalized spacial score (nSPS) is 15.9. The minimum absolute atomic E-state index is 0.285. The van der Waals surface area contributed by atoms with Gasteiger partial charge < -0.3 is 10.4 Å². The van der Waals surface area contributed by atoms with Crippen LogP contribution in [-0.2, 0) is 0 Å². The molecule has 0 aromatic heterocycles. The van der Waals surface area contributed by atoms with E-state index in [1.165, 1.54) is 19.3 Å². The van der Waals surface area contributed by atoms with Gasteiger partial charge in [0.15, 0.2) is 0 Å². The number of hydrogen-bond donors (Lipinski definition) is 2. The van der Waals surface area contributed by atoms with Gasteiger partial charge in [0.1, 0.15) is 0 Å². The molecular weight excluding hydrogens is 174 g/mol. The third kappa shape index (κ3) is 8.52. The number of nitrogens with one attached hydrogen (secondary N) is 1. The maximum Gasteiger partial charge on any atom is 0.0445 e. The standard InChI is InChI=1S/C12H27NO/c1-10(2)6-5-7-11(3)13-12(4)8-9-14/h10-14H,5-9H2,1-4H3. The SMILES string of the molecule is CC(C)CCCC(C)NC(C)CCO. The fourth-order valence-corrected chi connectivity index (χ4v) is 1.68. The van der Waals surface area contributed by atoms with Gasteiger partial charge in [0.2, 0.25) is 0 Å². The summed E-state index contributed by atoms with van der Waals surface area (Å²) in [5.74, 6) is 0.817. The molecule has 2 atom stereocenters. The molecule has 0 saturated heterocycles. The maximum atomic E-state index is 8.76. The summed E-state index contributed by atoms with van der Waals surface area (Å²) in [6.07, 6.45) is 4.72. The van der Waals surface area contributed by atoms with Crippen molar-refractivity contribution >= 4 is 0 Å². The minimum atomic E-state index is 0.285. The smallest absolute Gasteiger partial charge is 0.0445 e. The lowest BCUT2D eigenvalue weighted by Gasteiger charge is -2.19.